The van der Waals surface area contributed by atoms with Gasteiger partial charge in [-0.05, 0) is 66.7 Å². The van der Waals surface area contributed by atoms with Crippen molar-refractivity contribution in [2.24, 2.45) is 0 Å². The summed E-state index contributed by atoms with van der Waals surface area (Å²) in [7, 11) is 0. The van der Waals surface area contributed by atoms with E-state index in [0.717, 1.165) is 51.5 Å². The molecule has 1 N–H and O–H groups in total. The number of halogens is 2. The lowest BCUT2D eigenvalue weighted by Crippen LogP contribution is -2.16. The predicted octanol–water partition coefficient (Wildman–Crippen LogP) is 3.88. The molecule has 0 fully saturated rings. The van der Waals surface area contributed by atoms with Gasteiger partial charge in [-0.2, -0.15) is 0 Å². The third-order valence-corrected chi connectivity index (χ3v) is 4.71. The number of nitrogens with zero attached hydrogens (tertiary/aromatic N) is 2. The molecule has 0 amide bonds. The van der Waals surface area contributed by atoms with E-state index in [1.807, 2.05) is 0 Å². The quantitative estimate of drug-likeness (QED) is 0.561. The van der Waals surface area contributed by atoms with Crippen LogP contribution in [-0.4, -0.2) is 23.3 Å². The Morgan fingerprint density at radius 2 is 2.15 bits per heavy atom. The topological polar surface area (TPSA) is 37.8 Å². The highest BCUT2D eigenvalue weighted by Gasteiger charge is 2.10. The zero-order chi connectivity index (χ0) is 14.4. The fourth-order valence-corrected chi connectivity index (χ4v) is 3.63. The van der Waals surface area contributed by atoms with Crippen molar-refractivity contribution < 1.29 is 4.39 Å². The number of nitrogens with one attached hydrogen (secondary N) is 1. The minimum atomic E-state index is -0.218. The van der Waals surface area contributed by atoms with Crippen molar-refractivity contribution >= 4 is 33.9 Å². The molecule has 0 unspecified atom stereocenters. The summed E-state index contributed by atoms with van der Waals surface area (Å²) >= 11 is 3.72. The van der Waals surface area contributed by atoms with Gasteiger partial charge < -0.3 is 5.32 Å². The molecule has 3 nitrogen and oxygen atoms in total. The summed E-state index contributed by atoms with van der Waals surface area (Å²) in [5.41, 5.74) is 0.958. The summed E-state index contributed by atoms with van der Waals surface area (Å²) < 4.78 is 14.0. The molecule has 108 valence electrons. The zero-order valence-corrected chi connectivity index (χ0v) is 14.3. The Labute approximate surface area is 136 Å². The lowest BCUT2D eigenvalue weighted by molar-refractivity contribution is 0.627. The Kier molecular flexibility index (Phi) is 6.31. The maximum Gasteiger partial charge on any atom is 0.148 e. The van der Waals surface area contributed by atoms with Crippen LogP contribution in [0.5, 0.6) is 0 Å². The Balaban J connectivity index is 1.95. The van der Waals surface area contributed by atoms with E-state index in [4.69, 9.17) is 0 Å². The maximum atomic E-state index is 13.1. The molecule has 1 aromatic carbocycles. The lowest BCUT2D eigenvalue weighted by atomic mass is 10.2. The highest BCUT2D eigenvalue weighted by Crippen LogP contribution is 2.28. The van der Waals surface area contributed by atoms with Crippen LogP contribution in [0.3, 0.4) is 0 Å². The second kappa shape index (κ2) is 7.99. The first-order valence-electron chi connectivity index (χ1n) is 6.69. The molecule has 2 aromatic rings. The Bertz CT molecular complexity index is 559. The molecule has 0 aliphatic rings. The van der Waals surface area contributed by atoms with Crippen LogP contribution in [0.15, 0.2) is 18.2 Å². The van der Waals surface area contributed by atoms with Crippen LogP contribution in [0.2, 0.25) is 0 Å². The molecular formula is C14H17FIN3S. The third-order valence-electron chi connectivity index (χ3n) is 2.80. The monoisotopic (exact) mass is 405 g/mol. The summed E-state index contributed by atoms with van der Waals surface area (Å²) in [5, 5.41) is 13.7. The number of aromatic nitrogens is 2. The van der Waals surface area contributed by atoms with Gasteiger partial charge in [-0.3, -0.25) is 0 Å². The number of hydrogen-bond donors (Lipinski definition) is 1. The molecule has 1 aromatic heterocycles. The first-order valence-corrected chi connectivity index (χ1v) is 8.58. The Morgan fingerprint density at radius 1 is 1.30 bits per heavy atom. The minimum Gasteiger partial charge on any atom is -0.317 e. The molecule has 0 bridgehead atoms. The molecular weight excluding hydrogens is 388 g/mol. The fraction of sp³-hybridized carbons (Fsp3) is 0.429. The van der Waals surface area contributed by atoms with Gasteiger partial charge in [-0.15, -0.1) is 10.2 Å². The molecule has 0 spiro atoms. The molecule has 0 atom stereocenters. The zero-order valence-electron chi connectivity index (χ0n) is 11.3. The predicted molar refractivity (Wildman–Crippen MR) is 89.5 cm³/mol. The Morgan fingerprint density at radius 3 is 2.90 bits per heavy atom. The van der Waals surface area contributed by atoms with Crippen LogP contribution >= 0.6 is 33.9 Å². The van der Waals surface area contributed by atoms with Gasteiger partial charge in [0, 0.05) is 15.6 Å². The summed E-state index contributed by atoms with van der Waals surface area (Å²) in [4.78, 5) is 0. The van der Waals surface area contributed by atoms with E-state index in [0.29, 0.717) is 0 Å². The van der Waals surface area contributed by atoms with E-state index in [1.165, 1.54) is 12.1 Å². The van der Waals surface area contributed by atoms with Crippen molar-refractivity contribution in [3.63, 3.8) is 0 Å². The van der Waals surface area contributed by atoms with Crippen LogP contribution in [0, 0.1) is 9.39 Å². The highest BCUT2D eigenvalue weighted by atomic mass is 127. The Hall–Kier alpha value is -0.600. The lowest BCUT2D eigenvalue weighted by Gasteiger charge is -2.00. The minimum absolute atomic E-state index is 0.218. The molecule has 20 heavy (non-hydrogen) atoms. The second-order valence-corrected chi connectivity index (χ2v) is 6.70. The van der Waals surface area contributed by atoms with Crippen molar-refractivity contribution in [1.82, 2.24) is 15.5 Å². The first kappa shape index (κ1) is 15.8. The average molecular weight is 405 g/mol. The van der Waals surface area contributed by atoms with Gasteiger partial charge in [0.05, 0.1) is 0 Å². The first-order chi connectivity index (χ1) is 9.70. The second-order valence-electron chi connectivity index (χ2n) is 4.48. The van der Waals surface area contributed by atoms with Gasteiger partial charge >= 0.3 is 0 Å². The molecule has 0 saturated carbocycles. The number of hydrogen-bond acceptors (Lipinski definition) is 4. The van der Waals surface area contributed by atoms with Gasteiger partial charge in [0.1, 0.15) is 15.8 Å². The van der Waals surface area contributed by atoms with Crippen LogP contribution in [0.25, 0.3) is 10.6 Å². The van der Waals surface area contributed by atoms with Crippen molar-refractivity contribution in [2.75, 3.05) is 13.1 Å². The average Bonchev–Trinajstić information content (AvgIpc) is 2.87. The standard InChI is InChI=1S/C14H17FIN3S/c1-2-7-17-8-3-4-13-18-19-14(20-13)11-6-5-10(15)9-12(11)16/h5-6,9,17H,2-4,7-8H2,1H3. The van der Waals surface area contributed by atoms with Gasteiger partial charge in [-0.25, -0.2) is 4.39 Å². The van der Waals surface area contributed by atoms with Crippen molar-refractivity contribution in [3.8, 4) is 10.6 Å². The van der Waals surface area contributed by atoms with E-state index in [9.17, 15) is 4.39 Å². The molecule has 6 heteroatoms. The number of aryl methyl sites for hydroxylation is 1. The summed E-state index contributed by atoms with van der Waals surface area (Å²) in [5.74, 6) is -0.218. The third kappa shape index (κ3) is 4.46. The van der Waals surface area contributed by atoms with E-state index in [2.05, 4.69) is 45.0 Å². The smallest absolute Gasteiger partial charge is 0.148 e. The molecule has 1 heterocycles. The van der Waals surface area contributed by atoms with Crippen LogP contribution in [0.1, 0.15) is 24.8 Å². The van der Waals surface area contributed by atoms with E-state index in [-0.39, 0.29) is 5.82 Å². The number of benzene rings is 1. The van der Waals surface area contributed by atoms with Crippen LogP contribution < -0.4 is 5.32 Å². The van der Waals surface area contributed by atoms with E-state index < -0.39 is 0 Å². The molecule has 2 rings (SSSR count). The molecule has 0 aliphatic carbocycles. The van der Waals surface area contributed by atoms with Crippen molar-refractivity contribution in [2.45, 2.75) is 26.2 Å². The van der Waals surface area contributed by atoms with Gasteiger partial charge in [0.2, 0.25) is 0 Å². The van der Waals surface area contributed by atoms with E-state index in [1.54, 1.807) is 17.4 Å². The fourth-order valence-electron chi connectivity index (χ4n) is 1.79. The summed E-state index contributed by atoms with van der Waals surface area (Å²) in [6.45, 7) is 4.24. The van der Waals surface area contributed by atoms with Gasteiger partial charge in [0.25, 0.3) is 0 Å². The molecule has 0 saturated heterocycles. The summed E-state index contributed by atoms with van der Waals surface area (Å²) in [6, 6.07) is 4.75. The number of rotatable bonds is 7. The van der Waals surface area contributed by atoms with Gasteiger partial charge in [0.15, 0.2) is 0 Å². The largest absolute Gasteiger partial charge is 0.317 e. The molecule has 0 radical (unpaired) electrons. The maximum absolute atomic E-state index is 13.1. The normalized spacial score (nSPS) is 10.9. The van der Waals surface area contributed by atoms with Crippen molar-refractivity contribution in [1.29, 1.82) is 0 Å². The highest BCUT2D eigenvalue weighted by molar-refractivity contribution is 14.1. The van der Waals surface area contributed by atoms with Crippen LogP contribution in [0.4, 0.5) is 4.39 Å². The van der Waals surface area contributed by atoms with Gasteiger partial charge in [-0.1, -0.05) is 18.3 Å². The molecule has 0 aliphatic heterocycles. The van der Waals surface area contributed by atoms with E-state index >= 15 is 0 Å². The van der Waals surface area contributed by atoms with Crippen molar-refractivity contribution in [3.05, 3.63) is 32.6 Å². The van der Waals surface area contributed by atoms with Crippen LogP contribution in [-0.2, 0) is 6.42 Å². The summed E-state index contributed by atoms with van der Waals surface area (Å²) in [6.07, 6.45) is 3.16. The SMILES string of the molecule is CCCNCCCc1nnc(-c2ccc(F)cc2I)s1.